The first-order chi connectivity index (χ1) is 14.6. The first kappa shape index (κ1) is 20.4. The Labute approximate surface area is 184 Å². The van der Waals surface area contributed by atoms with E-state index in [1.165, 1.54) is 6.20 Å². The summed E-state index contributed by atoms with van der Waals surface area (Å²) in [6.45, 7) is 1.55. The second-order valence-electron chi connectivity index (χ2n) is 6.88. The third-order valence-corrected chi connectivity index (χ3v) is 5.33. The number of hydrogen-bond acceptors (Lipinski definition) is 6. The molecule has 30 heavy (non-hydrogen) atoms. The lowest BCUT2D eigenvalue weighted by Crippen LogP contribution is -2.38. The smallest absolute Gasteiger partial charge is 0.238 e. The molecule has 1 aromatic carbocycles. The van der Waals surface area contributed by atoms with E-state index in [-0.39, 0.29) is 17.7 Å². The number of nitrogens with one attached hydrogen (secondary N) is 1. The molecule has 1 fully saturated rings. The highest BCUT2D eigenvalue weighted by Crippen LogP contribution is 2.30. The summed E-state index contributed by atoms with van der Waals surface area (Å²) >= 11 is 11.9. The number of ether oxygens (including phenoxy) is 1. The highest BCUT2D eigenvalue weighted by molar-refractivity contribution is 6.35. The Hall–Kier alpha value is -2.90. The number of amides is 1. The number of benzene rings is 1. The summed E-state index contributed by atoms with van der Waals surface area (Å²) in [5, 5.41) is 3.74. The molecule has 9 heteroatoms. The molecule has 1 aliphatic rings. The van der Waals surface area contributed by atoms with Crippen molar-refractivity contribution in [1.82, 2.24) is 15.0 Å². The molecule has 1 amide bonds. The van der Waals surface area contributed by atoms with Crippen molar-refractivity contribution in [2.45, 2.75) is 12.8 Å². The third kappa shape index (κ3) is 4.98. The van der Waals surface area contributed by atoms with Gasteiger partial charge >= 0.3 is 0 Å². The Morgan fingerprint density at radius 1 is 1.07 bits per heavy atom. The quantitative estimate of drug-likeness (QED) is 0.608. The molecule has 7 nitrogen and oxygen atoms in total. The maximum atomic E-state index is 12.6. The van der Waals surface area contributed by atoms with E-state index in [0.29, 0.717) is 21.5 Å². The monoisotopic (exact) mass is 443 g/mol. The van der Waals surface area contributed by atoms with Crippen molar-refractivity contribution in [2.75, 3.05) is 23.3 Å². The standard InChI is InChI=1S/C21H19Cl2N5O2/c22-15-11-18(23)21(26-12-15)30-17-3-1-16(2-4-17)27-20(29)14-5-9-28(10-6-14)19-13-24-7-8-25-19/h1-4,7-8,11-14H,5-6,9-10H2,(H,27,29). The van der Waals surface area contributed by atoms with Gasteiger partial charge in [-0.25, -0.2) is 9.97 Å². The fourth-order valence-electron chi connectivity index (χ4n) is 3.26. The Kier molecular flexibility index (Phi) is 6.30. The Morgan fingerprint density at radius 2 is 1.83 bits per heavy atom. The van der Waals surface area contributed by atoms with Crippen LogP contribution < -0.4 is 15.0 Å². The van der Waals surface area contributed by atoms with Crippen LogP contribution in [-0.4, -0.2) is 33.9 Å². The Morgan fingerprint density at radius 3 is 2.50 bits per heavy atom. The topological polar surface area (TPSA) is 80.2 Å². The molecule has 3 heterocycles. The number of carbonyl (C=O) groups excluding carboxylic acids is 1. The second kappa shape index (κ2) is 9.28. The van der Waals surface area contributed by atoms with Crippen LogP contribution >= 0.6 is 23.2 Å². The molecule has 0 saturated carbocycles. The molecule has 0 aliphatic carbocycles. The van der Waals surface area contributed by atoms with Crippen molar-refractivity contribution in [3.05, 3.63) is 65.2 Å². The zero-order valence-corrected chi connectivity index (χ0v) is 17.5. The predicted octanol–water partition coefficient (Wildman–Crippen LogP) is 4.83. The number of rotatable bonds is 5. The number of nitrogens with zero attached hydrogens (tertiary/aromatic N) is 4. The van der Waals surface area contributed by atoms with Crippen LogP contribution in [0.3, 0.4) is 0 Å². The molecule has 0 atom stereocenters. The number of piperidine rings is 1. The van der Waals surface area contributed by atoms with Crippen molar-refractivity contribution in [2.24, 2.45) is 5.92 Å². The lowest BCUT2D eigenvalue weighted by molar-refractivity contribution is -0.120. The Balaban J connectivity index is 1.31. The first-order valence-electron chi connectivity index (χ1n) is 9.49. The van der Waals surface area contributed by atoms with Crippen LogP contribution in [0.4, 0.5) is 11.5 Å². The van der Waals surface area contributed by atoms with Crippen LogP contribution in [0.15, 0.2) is 55.1 Å². The maximum Gasteiger partial charge on any atom is 0.238 e. The van der Waals surface area contributed by atoms with E-state index in [4.69, 9.17) is 27.9 Å². The van der Waals surface area contributed by atoms with Crippen molar-refractivity contribution in [3.63, 3.8) is 0 Å². The normalized spacial score (nSPS) is 14.4. The fraction of sp³-hybridized carbons (Fsp3) is 0.238. The summed E-state index contributed by atoms with van der Waals surface area (Å²) in [6.07, 6.45) is 8.08. The lowest BCUT2D eigenvalue weighted by Gasteiger charge is -2.31. The molecule has 1 aliphatic heterocycles. The Bertz CT molecular complexity index is 1010. The lowest BCUT2D eigenvalue weighted by atomic mass is 9.96. The number of halogens is 2. The fourth-order valence-corrected chi connectivity index (χ4v) is 3.68. The molecule has 0 unspecified atom stereocenters. The number of hydrogen-bond donors (Lipinski definition) is 1. The SMILES string of the molecule is O=C(Nc1ccc(Oc2ncc(Cl)cc2Cl)cc1)C1CCN(c2cnccn2)CC1. The van der Waals surface area contributed by atoms with Crippen LogP contribution in [0.5, 0.6) is 11.6 Å². The van der Waals surface area contributed by atoms with E-state index in [9.17, 15) is 4.79 Å². The van der Waals surface area contributed by atoms with E-state index in [1.807, 2.05) is 0 Å². The summed E-state index contributed by atoms with van der Waals surface area (Å²) in [5.74, 6) is 1.66. The van der Waals surface area contributed by atoms with Gasteiger partial charge in [-0.3, -0.25) is 9.78 Å². The van der Waals surface area contributed by atoms with E-state index in [0.717, 1.165) is 31.7 Å². The van der Waals surface area contributed by atoms with Crippen LogP contribution in [0.25, 0.3) is 0 Å². The van der Waals surface area contributed by atoms with Crippen molar-refractivity contribution in [1.29, 1.82) is 0 Å². The van der Waals surface area contributed by atoms with Crippen LogP contribution in [0.2, 0.25) is 10.0 Å². The molecule has 0 radical (unpaired) electrons. The minimum atomic E-state index is -0.0362. The van der Waals surface area contributed by atoms with Crippen LogP contribution in [-0.2, 0) is 4.79 Å². The van der Waals surface area contributed by atoms with E-state index >= 15 is 0 Å². The van der Waals surface area contributed by atoms with Crippen molar-refractivity contribution < 1.29 is 9.53 Å². The minimum Gasteiger partial charge on any atom is -0.438 e. The molecule has 0 bridgehead atoms. The molecule has 3 aromatic rings. The highest BCUT2D eigenvalue weighted by Gasteiger charge is 2.25. The van der Waals surface area contributed by atoms with Crippen LogP contribution in [0, 0.1) is 5.92 Å². The van der Waals surface area contributed by atoms with Crippen LogP contribution in [0.1, 0.15) is 12.8 Å². The van der Waals surface area contributed by atoms with Gasteiger partial charge in [0.1, 0.15) is 16.6 Å². The molecule has 1 N–H and O–H groups in total. The van der Waals surface area contributed by atoms with Gasteiger partial charge in [0, 0.05) is 43.3 Å². The van der Waals surface area contributed by atoms with Crippen molar-refractivity contribution in [3.8, 4) is 11.6 Å². The van der Waals surface area contributed by atoms with Gasteiger partial charge in [0.2, 0.25) is 11.8 Å². The van der Waals surface area contributed by atoms with Gasteiger partial charge < -0.3 is 15.0 Å². The molecule has 4 rings (SSSR count). The van der Waals surface area contributed by atoms with E-state index < -0.39 is 0 Å². The third-order valence-electron chi connectivity index (χ3n) is 4.85. The largest absolute Gasteiger partial charge is 0.438 e. The van der Waals surface area contributed by atoms with Gasteiger partial charge in [-0.05, 0) is 43.2 Å². The van der Waals surface area contributed by atoms with E-state index in [1.54, 1.807) is 48.9 Å². The van der Waals surface area contributed by atoms with Gasteiger partial charge in [-0.1, -0.05) is 23.2 Å². The van der Waals surface area contributed by atoms with Gasteiger partial charge in [0.15, 0.2) is 0 Å². The number of anilines is 2. The van der Waals surface area contributed by atoms with E-state index in [2.05, 4.69) is 25.2 Å². The number of carbonyl (C=O) groups is 1. The summed E-state index contributed by atoms with van der Waals surface area (Å²) in [7, 11) is 0. The second-order valence-corrected chi connectivity index (χ2v) is 7.72. The molecule has 1 saturated heterocycles. The van der Waals surface area contributed by atoms with Gasteiger partial charge in [-0.15, -0.1) is 0 Å². The first-order valence-corrected chi connectivity index (χ1v) is 10.2. The maximum absolute atomic E-state index is 12.6. The van der Waals surface area contributed by atoms with Gasteiger partial charge in [-0.2, -0.15) is 0 Å². The molecule has 2 aromatic heterocycles. The zero-order valence-electron chi connectivity index (χ0n) is 16.0. The molecule has 0 spiro atoms. The van der Waals surface area contributed by atoms with Gasteiger partial charge in [0.05, 0.1) is 11.2 Å². The summed E-state index contributed by atoms with van der Waals surface area (Å²) in [5.41, 5.74) is 0.707. The summed E-state index contributed by atoms with van der Waals surface area (Å²) in [4.78, 5) is 27.3. The van der Waals surface area contributed by atoms with Crippen molar-refractivity contribution >= 4 is 40.6 Å². The molecular formula is C21H19Cl2N5O2. The predicted molar refractivity (Wildman–Crippen MR) is 116 cm³/mol. The molecule has 154 valence electrons. The minimum absolute atomic E-state index is 0.0184. The summed E-state index contributed by atoms with van der Waals surface area (Å²) < 4.78 is 5.66. The average Bonchev–Trinajstić information content (AvgIpc) is 2.78. The number of aromatic nitrogens is 3. The average molecular weight is 444 g/mol. The number of pyridine rings is 1. The van der Waals surface area contributed by atoms with Gasteiger partial charge in [0.25, 0.3) is 0 Å². The zero-order chi connectivity index (χ0) is 20.9. The highest BCUT2D eigenvalue weighted by atomic mass is 35.5. The summed E-state index contributed by atoms with van der Waals surface area (Å²) in [6, 6.07) is 8.63. The molecular weight excluding hydrogens is 425 g/mol.